The highest BCUT2D eigenvalue weighted by atomic mass is 32.1. The number of nitrogens with zero attached hydrogens (tertiary/aromatic N) is 2. The third-order valence-corrected chi connectivity index (χ3v) is 2.28. The summed E-state index contributed by atoms with van der Waals surface area (Å²) in [6.07, 6.45) is -4.31. The Kier molecular flexibility index (Phi) is 1.73. The fourth-order valence-corrected chi connectivity index (χ4v) is 1.50. The molecule has 0 N–H and O–H groups in total. The van der Waals surface area contributed by atoms with Gasteiger partial charge in [0.05, 0.1) is 10.3 Å². The molecule has 0 fully saturated rings. The average molecular weight is 204 g/mol. The molecule has 6 heteroatoms. The van der Waals surface area contributed by atoms with Crippen LogP contribution in [0, 0.1) is 0 Å². The molecule has 0 atom stereocenters. The van der Waals surface area contributed by atoms with Crippen molar-refractivity contribution in [1.29, 1.82) is 0 Å². The first kappa shape index (κ1) is 8.43. The number of rotatable bonds is 0. The van der Waals surface area contributed by atoms with E-state index in [9.17, 15) is 13.2 Å². The predicted molar refractivity (Wildman–Crippen MR) is 42.4 cm³/mol. The minimum Gasteiger partial charge on any atom is -0.166 e. The smallest absolute Gasteiger partial charge is 0.166 e. The molecule has 1 aromatic carbocycles. The summed E-state index contributed by atoms with van der Waals surface area (Å²) in [6.45, 7) is 0. The largest absolute Gasteiger partial charge is 0.416 e. The van der Waals surface area contributed by atoms with Gasteiger partial charge in [0.15, 0.2) is 0 Å². The van der Waals surface area contributed by atoms with Gasteiger partial charge < -0.3 is 0 Å². The summed E-state index contributed by atoms with van der Waals surface area (Å²) in [5.74, 6) is 0. The number of alkyl halides is 3. The van der Waals surface area contributed by atoms with E-state index in [1.807, 2.05) is 0 Å². The Labute approximate surface area is 75.2 Å². The normalized spacial score (nSPS) is 12.2. The van der Waals surface area contributed by atoms with Gasteiger partial charge in [-0.15, -0.1) is 5.10 Å². The van der Waals surface area contributed by atoms with Gasteiger partial charge in [-0.1, -0.05) is 4.49 Å². The minimum absolute atomic E-state index is 0.292. The molecule has 13 heavy (non-hydrogen) atoms. The molecule has 0 radical (unpaired) electrons. The second kappa shape index (κ2) is 2.66. The van der Waals surface area contributed by atoms with Gasteiger partial charge in [-0.2, -0.15) is 13.2 Å². The van der Waals surface area contributed by atoms with Gasteiger partial charge in [0, 0.05) is 0 Å². The van der Waals surface area contributed by atoms with Crippen molar-refractivity contribution in [2.75, 3.05) is 0 Å². The number of benzene rings is 1. The fourth-order valence-electron chi connectivity index (χ4n) is 0.957. The molecule has 0 unspecified atom stereocenters. The van der Waals surface area contributed by atoms with Crippen molar-refractivity contribution >= 4 is 21.7 Å². The number of halogens is 3. The van der Waals surface area contributed by atoms with Crippen LogP contribution in [0.15, 0.2) is 18.2 Å². The van der Waals surface area contributed by atoms with Crippen LogP contribution in [0.1, 0.15) is 5.56 Å². The fraction of sp³-hybridized carbons (Fsp3) is 0.143. The van der Waals surface area contributed by atoms with Gasteiger partial charge in [0.1, 0.15) is 5.52 Å². The van der Waals surface area contributed by atoms with Crippen molar-refractivity contribution in [1.82, 2.24) is 9.59 Å². The molecule has 2 aromatic rings. The molecule has 0 aliphatic carbocycles. The highest BCUT2D eigenvalue weighted by Gasteiger charge is 2.30. The van der Waals surface area contributed by atoms with Crippen LogP contribution in [-0.2, 0) is 6.18 Å². The molecule has 0 aliphatic rings. The molecular formula is C7H3F3N2S. The highest BCUT2D eigenvalue weighted by Crippen LogP contribution is 2.31. The molecule has 0 saturated carbocycles. The number of aromatic nitrogens is 2. The molecule has 0 spiro atoms. The van der Waals surface area contributed by atoms with Crippen LogP contribution < -0.4 is 0 Å². The van der Waals surface area contributed by atoms with E-state index in [0.717, 1.165) is 23.7 Å². The highest BCUT2D eigenvalue weighted by molar-refractivity contribution is 7.12. The molecule has 0 aliphatic heterocycles. The van der Waals surface area contributed by atoms with E-state index in [0.29, 0.717) is 10.2 Å². The number of hydrogen-bond donors (Lipinski definition) is 0. The molecule has 1 heterocycles. The first-order valence-electron chi connectivity index (χ1n) is 3.37. The van der Waals surface area contributed by atoms with Crippen molar-refractivity contribution in [2.24, 2.45) is 0 Å². The molecular weight excluding hydrogens is 201 g/mol. The van der Waals surface area contributed by atoms with E-state index in [1.165, 1.54) is 6.07 Å². The summed E-state index contributed by atoms with van der Waals surface area (Å²) in [6, 6.07) is 3.41. The van der Waals surface area contributed by atoms with Crippen LogP contribution in [0.4, 0.5) is 13.2 Å². The van der Waals surface area contributed by atoms with Gasteiger partial charge in [-0.3, -0.25) is 0 Å². The van der Waals surface area contributed by atoms with Crippen molar-refractivity contribution in [2.45, 2.75) is 6.18 Å². The number of fused-ring (bicyclic) bond motifs is 1. The van der Waals surface area contributed by atoms with E-state index in [1.54, 1.807) is 0 Å². The van der Waals surface area contributed by atoms with E-state index in [2.05, 4.69) is 9.59 Å². The Morgan fingerprint density at radius 2 is 2.00 bits per heavy atom. The molecule has 2 nitrogen and oxygen atoms in total. The Morgan fingerprint density at radius 3 is 2.69 bits per heavy atom. The van der Waals surface area contributed by atoms with E-state index in [-0.39, 0.29) is 0 Å². The maximum Gasteiger partial charge on any atom is 0.416 e. The lowest BCUT2D eigenvalue weighted by atomic mass is 10.2. The van der Waals surface area contributed by atoms with E-state index < -0.39 is 11.7 Å². The Hall–Kier alpha value is -1.17. The molecule has 0 amide bonds. The summed E-state index contributed by atoms with van der Waals surface area (Å²) >= 11 is 1.08. The summed E-state index contributed by atoms with van der Waals surface area (Å²) in [5, 5.41) is 3.56. The van der Waals surface area contributed by atoms with Gasteiger partial charge >= 0.3 is 6.18 Å². The summed E-state index contributed by atoms with van der Waals surface area (Å²) in [7, 11) is 0. The SMILES string of the molecule is FC(F)(F)c1ccc2snnc2c1. The monoisotopic (exact) mass is 204 g/mol. The maximum atomic E-state index is 12.2. The van der Waals surface area contributed by atoms with Crippen molar-refractivity contribution in [3.63, 3.8) is 0 Å². The second-order valence-electron chi connectivity index (χ2n) is 2.45. The van der Waals surface area contributed by atoms with Crippen molar-refractivity contribution in [3.05, 3.63) is 23.8 Å². The molecule has 68 valence electrons. The van der Waals surface area contributed by atoms with Gasteiger partial charge in [0.25, 0.3) is 0 Å². The third-order valence-electron chi connectivity index (χ3n) is 1.57. The van der Waals surface area contributed by atoms with Gasteiger partial charge in [-0.05, 0) is 29.7 Å². The van der Waals surface area contributed by atoms with E-state index in [4.69, 9.17) is 0 Å². The summed E-state index contributed by atoms with van der Waals surface area (Å²) in [4.78, 5) is 0. The van der Waals surface area contributed by atoms with E-state index >= 15 is 0 Å². The van der Waals surface area contributed by atoms with Crippen LogP contribution in [0.2, 0.25) is 0 Å². The lowest BCUT2D eigenvalue weighted by Gasteiger charge is -2.04. The lowest BCUT2D eigenvalue weighted by Crippen LogP contribution is -2.03. The van der Waals surface area contributed by atoms with Crippen LogP contribution in [-0.4, -0.2) is 9.59 Å². The zero-order valence-electron chi connectivity index (χ0n) is 6.17. The maximum absolute atomic E-state index is 12.2. The summed E-state index contributed by atoms with van der Waals surface area (Å²) in [5.41, 5.74) is -0.396. The third kappa shape index (κ3) is 1.49. The standard InChI is InChI=1S/C7H3F3N2S/c8-7(9,10)4-1-2-6-5(3-4)11-12-13-6/h1-3H. The van der Waals surface area contributed by atoms with Gasteiger partial charge in [0.2, 0.25) is 0 Å². The predicted octanol–water partition coefficient (Wildman–Crippen LogP) is 2.71. The van der Waals surface area contributed by atoms with Crippen LogP contribution in [0.5, 0.6) is 0 Å². The van der Waals surface area contributed by atoms with Gasteiger partial charge in [-0.25, -0.2) is 0 Å². The Balaban J connectivity index is 2.61. The number of hydrogen-bond acceptors (Lipinski definition) is 3. The van der Waals surface area contributed by atoms with Crippen LogP contribution in [0.25, 0.3) is 10.2 Å². The van der Waals surface area contributed by atoms with Crippen LogP contribution >= 0.6 is 11.5 Å². The first-order valence-corrected chi connectivity index (χ1v) is 4.14. The lowest BCUT2D eigenvalue weighted by molar-refractivity contribution is -0.137. The summed E-state index contributed by atoms with van der Waals surface area (Å²) < 4.78 is 40.7. The second-order valence-corrected chi connectivity index (χ2v) is 3.24. The average Bonchev–Trinajstić information content (AvgIpc) is 2.47. The van der Waals surface area contributed by atoms with Crippen LogP contribution in [0.3, 0.4) is 0 Å². The Bertz CT molecular complexity index is 434. The Morgan fingerprint density at radius 1 is 1.23 bits per heavy atom. The zero-order valence-corrected chi connectivity index (χ0v) is 6.99. The molecule has 0 saturated heterocycles. The molecule has 1 aromatic heterocycles. The van der Waals surface area contributed by atoms with Crippen molar-refractivity contribution < 1.29 is 13.2 Å². The van der Waals surface area contributed by atoms with Crippen molar-refractivity contribution in [3.8, 4) is 0 Å². The molecule has 2 rings (SSSR count). The quantitative estimate of drug-likeness (QED) is 0.659. The molecule has 0 bridgehead atoms. The zero-order chi connectivity index (χ0) is 9.47. The first-order chi connectivity index (χ1) is 6.07. The minimum atomic E-state index is -4.31. The topological polar surface area (TPSA) is 25.8 Å².